The molecule has 1 saturated carbocycles. The van der Waals surface area contributed by atoms with E-state index in [2.05, 4.69) is 16.4 Å². The minimum atomic E-state index is -0.449. The Morgan fingerprint density at radius 2 is 2.30 bits per heavy atom. The molecule has 0 atom stereocenters. The lowest BCUT2D eigenvalue weighted by Crippen LogP contribution is -2.27. The molecule has 0 bridgehead atoms. The Hall–Kier alpha value is -2.17. The van der Waals surface area contributed by atoms with Gasteiger partial charge in [-0.3, -0.25) is 20.9 Å². The van der Waals surface area contributed by atoms with Crippen LogP contribution in [0.15, 0.2) is 18.2 Å². The van der Waals surface area contributed by atoms with E-state index < -0.39 is 4.92 Å². The third-order valence-corrected chi connectivity index (χ3v) is 3.42. The van der Waals surface area contributed by atoms with E-state index in [0.717, 1.165) is 18.4 Å². The smallest absolute Gasteiger partial charge is 0.293 e. The topological polar surface area (TPSA) is 108 Å². The lowest BCUT2D eigenvalue weighted by molar-refractivity contribution is -0.384. The van der Waals surface area contributed by atoms with Crippen LogP contribution in [-0.2, 0) is 6.54 Å². The molecule has 1 aliphatic carbocycles. The van der Waals surface area contributed by atoms with Crippen LogP contribution in [0, 0.1) is 21.4 Å². The van der Waals surface area contributed by atoms with E-state index in [0.29, 0.717) is 31.2 Å². The molecule has 3 N–H and O–H groups in total. The second kappa shape index (κ2) is 6.32. The van der Waals surface area contributed by atoms with Gasteiger partial charge in [-0.15, -0.1) is 0 Å². The van der Waals surface area contributed by atoms with E-state index in [1.165, 1.54) is 6.07 Å². The van der Waals surface area contributed by atoms with Crippen molar-refractivity contribution >= 4 is 11.4 Å². The van der Waals surface area contributed by atoms with Crippen LogP contribution in [0.25, 0.3) is 0 Å². The number of hydrogen-bond donors (Lipinski definition) is 2. The van der Waals surface area contributed by atoms with Crippen molar-refractivity contribution in [2.45, 2.75) is 31.8 Å². The molecule has 1 aliphatic rings. The molecule has 0 unspecified atom stereocenters. The third-order valence-electron chi connectivity index (χ3n) is 3.42. The Kier molecular flexibility index (Phi) is 4.50. The summed E-state index contributed by atoms with van der Waals surface area (Å²) in [6.07, 6.45) is 2.69. The van der Waals surface area contributed by atoms with Gasteiger partial charge in [0.2, 0.25) is 0 Å². The van der Waals surface area contributed by atoms with Gasteiger partial charge in [0, 0.05) is 31.6 Å². The van der Waals surface area contributed by atoms with Gasteiger partial charge in [0.1, 0.15) is 5.69 Å². The lowest BCUT2D eigenvalue weighted by atomic mass is 10.1. The first kappa shape index (κ1) is 14.2. The Bertz CT molecular complexity index is 536. The number of rotatable bonds is 7. The molecule has 0 amide bonds. The number of nitro benzene ring substituents is 1. The number of nitro groups is 1. The van der Waals surface area contributed by atoms with Gasteiger partial charge in [-0.25, -0.2) is 0 Å². The predicted molar refractivity (Wildman–Crippen MR) is 74.6 cm³/mol. The summed E-state index contributed by atoms with van der Waals surface area (Å²) in [5.74, 6) is 5.43. The molecule has 0 radical (unpaired) electrons. The van der Waals surface area contributed by atoms with Gasteiger partial charge < -0.3 is 5.43 Å². The average molecular weight is 275 g/mol. The number of nitrogens with two attached hydrogens (primary N) is 1. The second-order valence-corrected chi connectivity index (χ2v) is 4.82. The minimum Gasteiger partial charge on any atom is -0.318 e. The number of nitrogens with zero attached hydrogens (tertiary/aromatic N) is 3. The Morgan fingerprint density at radius 1 is 1.55 bits per heavy atom. The third kappa shape index (κ3) is 3.23. The molecule has 0 heterocycles. The number of nitrogens with one attached hydrogen (secondary N) is 1. The number of para-hydroxylation sites is 1. The second-order valence-electron chi connectivity index (χ2n) is 4.82. The molecule has 2 rings (SSSR count). The molecule has 1 aromatic carbocycles. The van der Waals surface area contributed by atoms with Crippen molar-refractivity contribution in [3.8, 4) is 6.07 Å². The van der Waals surface area contributed by atoms with E-state index >= 15 is 0 Å². The summed E-state index contributed by atoms with van der Waals surface area (Å²) >= 11 is 0. The molecule has 20 heavy (non-hydrogen) atoms. The molecule has 0 aliphatic heterocycles. The molecule has 7 nitrogen and oxygen atoms in total. The number of nitrogen functional groups attached to an aromatic ring is 1. The monoisotopic (exact) mass is 275 g/mol. The highest BCUT2D eigenvalue weighted by atomic mass is 16.6. The zero-order valence-corrected chi connectivity index (χ0v) is 11.1. The number of anilines is 1. The fraction of sp³-hybridized carbons (Fsp3) is 0.462. The molecule has 1 fully saturated rings. The summed E-state index contributed by atoms with van der Waals surface area (Å²) in [4.78, 5) is 12.7. The number of hydrazine groups is 1. The first-order valence-corrected chi connectivity index (χ1v) is 6.51. The van der Waals surface area contributed by atoms with Gasteiger partial charge in [-0.2, -0.15) is 5.26 Å². The quantitative estimate of drug-likeness (QED) is 0.446. The minimum absolute atomic E-state index is 0.0268. The van der Waals surface area contributed by atoms with Crippen molar-refractivity contribution in [2.75, 3.05) is 12.0 Å². The van der Waals surface area contributed by atoms with Gasteiger partial charge in [-0.1, -0.05) is 12.1 Å². The largest absolute Gasteiger partial charge is 0.318 e. The first-order chi connectivity index (χ1) is 9.67. The van der Waals surface area contributed by atoms with E-state index in [1.54, 1.807) is 6.07 Å². The molecular formula is C13H17N5O2. The maximum Gasteiger partial charge on any atom is 0.293 e. The van der Waals surface area contributed by atoms with Crippen molar-refractivity contribution < 1.29 is 4.92 Å². The first-order valence-electron chi connectivity index (χ1n) is 6.51. The maximum absolute atomic E-state index is 11.0. The molecular weight excluding hydrogens is 258 g/mol. The van der Waals surface area contributed by atoms with Crippen LogP contribution in [0.1, 0.15) is 24.8 Å². The molecule has 0 aromatic heterocycles. The normalized spacial score (nSPS) is 14.1. The summed E-state index contributed by atoms with van der Waals surface area (Å²) < 4.78 is 0. The van der Waals surface area contributed by atoms with Gasteiger partial charge in [0.25, 0.3) is 5.69 Å². The summed E-state index contributed by atoms with van der Waals surface area (Å²) in [7, 11) is 0. The Labute approximate surface area is 117 Å². The van der Waals surface area contributed by atoms with E-state index in [4.69, 9.17) is 11.1 Å². The van der Waals surface area contributed by atoms with Crippen molar-refractivity contribution in [1.82, 2.24) is 4.90 Å². The molecule has 7 heteroatoms. The van der Waals surface area contributed by atoms with Gasteiger partial charge in [0.05, 0.1) is 11.0 Å². The van der Waals surface area contributed by atoms with Gasteiger partial charge in [0.15, 0.2) is 0 Å². The van der Waals surface area contributed by atoms with Crippen LogP contribution < -0.4 is 11.3 Å². The zero-order chi connectivity index (χ0) is 14.5. The van der Waals surface area contributed by atoms with Crippen LogP contribution in [0.2, 0.25) is 0 Å². The predicted octanol–water partition coefficient (Wildman–Crippen LogP) is 1.76. The van der Waals surface area contributed by atoms with E-state index in [9.17, 15) is 10.1 Å². The SMILES string of the molecule is N#CCCN(Cc1cccc([N+](=O)[O-])c1NN)C1CC1. The highest BCUT2D eigenvalue weighted by molar-refractivity contribution is 5.65. The summed E-state index contributed by atoms with van der Waals surface area (Å²) in [5.41, 5.74) is 3.54. The van der Waals surface area contributed by atoms with Gasteiger partial charge >= 0.3 is 0 Å². The zero-order valence-electron chi connectivity index (χ0n) is 11.1. The van der Waals surface area contributed by atoms with Crippen molar-refractivity contribution in [3.05, 3.63) is 33.9 Å². The van der Waals surface area contributed by atoms with Crippen LogP contribution in [0.3, 0.4) is 0 Å². The van der Waals surface area contributed by atoms with E-state index in [-0.39, 0.29) is 5.69 Å². The highest BCUT2D eigenvalue weighted by Crippen LogP contribution is 2.32. The Balaban J connectivity index is 2.20. The number of benzene rings is 1. The molecule has 1 aromatic rings. The fourth-order valence-corrected chi connectivity index (χ4v) is 2.28. The lowest BCUT2D eigenvalue weighted by Gasteiger charge is -2.22. The number of hydrogen-bond acceptors (Lipinski definition) is 6. The summed E-state index contributed by atoms with van der Waals surface area (Å²) in [5, 5.41) is 19.7. The molecule has 106 valence electrons. The van der Waals surface area contributed by atoms with Crippen LogP contribution in [0.5, 0.6) is 0 Å². The number of nitriles is 1. The average Bonchev–Trinajstić information content (AvgIpc) is 3.27. The van der Waals surface area contributed by atoms with Crippen LogP contribution in [0.4, 0.5) is 11.4 Å². The molecule has 0 saturated heterocycles. The summed E-state index contributed by atoms with van der Waals surface area (Å²) in [6, 6.07) is 7.52. The van der Waals surface area contributed by atoms with Crippen molar-refractivity contribution in [2.24, 2.45) is 5.84 Å². The van der Waals surface area contributed by atoms with E-state index in [1.807, 2.05) is 6.07 Å². The van der Waals surface area contributed by atoms with Crippen molar-refractivity contribution in [1.29, 1.82) is 5.26 Å². The Morgan fingerprint density at radius 3 is 2.85 bits per heavy atom. The highest BCUT2D eigenvalue weighted by Gasteiger charge is 2.29. The van der Waals surface area contributed by atoms with Crippen LogP contribution in [-0.4, -0.2) is 22.4 Å². The van der Waals surface area contributed by atoms with Crippen molar-refractivity contribution in [3.63, 3.8) is 0 Å². The van der Waals surface area contributed by atoms with Gasteiger partial charge in [-0.05, 0) is 18.4 Å². The maximum atomic E-state index is 11.0. The van der Waals surface area contributed by atoms with Crippen LogP contribution >= 0.6 is 0 Å². The summed E-state index contributed by atoms with van der Waals surface area (Å²) in [6.45, 7) is 1.24. The standard InChI is InChI=1S/C13H17N5O2/c14-7-2-8-17(11-5-6-11)9-10-3-1-4-12(18(19)20)13(10)16-15/h1,3-4,11,16H,2,5-6,8-9,15H2. The molecule has 0 spiro atoms. The fourth-order valence-electron chi connectivity index (χ4n) is 2.28.